The van der Waals surface area contributed by atoms with Crippen molar-refractivity contribution in [2.75, 3.05) is 17.3 Å². The van der Waals surface area contributed by atoms with Crippen molar-refractivity contribution in [2.45, 2.75) is 13.3 Å². The van der Waals surface area contributed by atoms with Crippen LogP contribution in [0.3, 0.4) is 0 Å². The summed E-state index contributed by atoms with van der Waals surface area (Å²) >= 11 is 1.13. The Morgan fingerprint density at radius 3 is 2.53 bits per heavy atom. The van der Waals surface area contributed by atoms with Gasteiger partial charge in [0.1, 0.15) is 9.84 Å². The summed E-state index contributed by atoms with van der Waals surface area (Å²) in [5, 5.41) is 7.27. The number of sulfone groups is 1. The third-order valence-corrected chi connectivity index (χ3v) is 4.16. The Morgan fingerprint density at radius 1 is 1.47 bits per heavy atom. The van der Waals surface area contributed by atoms with Crippen LogP contribution in [0.2, 0.25) is 0 Å². The van der Waals surface area contributed by atoms with Crippen LogP contribution >= 0.6 is 11.8 Å². The summed E-state index contributed by atoms with van der Waals surface area (Å²) in [4.78, 5) is 3.50. The number of rotatable bonds is 5. The van der Waals surface area contributed by atoms with Crippen molar-refractivity contribution < 1.29 is 8.42 Å². The van der Waals surface area contributed by atoms with E-state index in [-0.39, 0.29) is 22.6 Å². The molecule has 0 atom stereocenters. The summed E-state index contributed by atoms with van der Waals surface area (Å²) in [6, 6.07) is 0. The third kappa shape index (κ3) is 8.25. The van der Waals surface area contributed by atoms with Gasteiger partial charge in [0, 0.05) is 11.5 Å². The van der Waals surface area contributed by atoms with E-state index < -0.39 is 9.84 Å². The number of nitrogens with two attached hydrogens (primary N) is 2. The molecule has 5 N–H and O–H groups in total. The highest BCUT2D eigenvalue weighted by atomic mass is 32.2. The molecule has 0 amide bonds. The van der Waals surface area contributed by atoms with E-state index in [1.54, 1.807) is 6.92 Å². The molecule has 0 saturated heterocycles. The van der Waals surface area contributed by atoms with Crippen LogP contribution in [0.25, 0.3) is 0 Å². The maximum atomic E-state index is 11.1. The Kier molecular flexibility index (Phi) is 6.34. The second kappa shape index (κ2) is 6.67. The van der Waals surface area contributed by atoms with Crippen LogP contribution in [-0.2, 0) is 9.84 Å². The number of nitrogens with zero attached hydrogens (tertiary/aromatic N) is 1. The first-order valence-electron chi connectivity index (χ1n) is 4.39. The highest BCUT2D eigenvalue weighted by molar-refractivity contribution is 8.13. The largest absolute Gasteiger partial charge is 0.370 e. The van der Waals surface area contributed by atoms with Crippen molar-refractivity contribution in [1.29, 1.82) is 5.41 Å². The number of hydrogen-bond donors (Lipinski definition) is 3. The Hall–Kier alpha value is -0.760. The molecule has 0 rings (SSSR count). The van der Waals surface area contributed by atoms with E-state index in [1.807, 2.05) is 0 Å². The maximum Gasteiger partial charge on any atom is 0.193 e. The van der Waals surface area contributed by atoms with Gasteiger partial charge >= 0.3 is 0 Å². The molecule has 0 spiro atoms. The van der Waals surface area contributed by atoms with Crippen LogP contribution in [0.4, 0.5) is 0 Å². The first-order valence-corrected chi connectivity index (χ1v) is 7.19. The smallest absolute Gasteiger partial charge is 0.193 e. The van der Waals surface area contributed by atoms with E-state index in [9.17, 15) is 8.42 Å². The van der Waals surface area contributed by atoms with E-state index in [4.69, 9.17) is 16.9 Å². The summed E-state index contributed by atoms with van der Waals surface area (Å²) in [5.41, 5.74) is 10.1. The lowest BCUT2D eigenvalue weighted by atomic mass is 10.6. The summed E-state index contributed by atoms with van der Waals surface area (Å²) in [7, 11) is -2.91. The lowest BCUT2D eigenvalue weighted by molar-refractivity contribution is 0.596. The van der Waals surface area contributed by atoms with E-state index in [0.717, 1.165) is 11.8 Å². The number of hydrogen-bond acceptors (Lipinski definition) is 4. The molecule has 15 heavy (non-hydrogen) atoms. The molecular weight excluding hydrogens is 236 g/mol. The fourth-order valence-electron chi connectivity index (χ4n) is 0.742. The molecule has 0 aromatic rings. The molecule has 0 unspecified atom stereocenters. The molecule has 0 radical (unpaired) electrons. The Morgan fingerprint density at radius 2 is 2.07 bits per heavy atom. The molecule has 0 aromatic carbocycles. The average molecular weight is 252 g/mol. The quantitative estimate of drug-likeness (QED) is 0.354. The van der Waals surface area contributed by atoms with Gasteiger partial charge in [0.2, 0.25) is 0 Å². The molecular formula is C7H16N4O2S2. The molecule has 0 heterocycles. The molecule has 8 heteroatoms. The lowest BCUT2D eigenvalue weighted by Gasteiger charge is -2.00. The van der Waals surface area contributed by atoms with E-state index in [1.165, 1.54) is 0 Å². The number of thioether (sulfide) groups is 1. The average Bonchev–Trinajstić information content (AvgIpc) is 2.11. The van der Waals surface area contributed by atoms with Crippen LogP contribution in [0.1, 0.15) is 13.3 Å². The van der Waals surface area contributed by atoms with Gasteiger partial charge in [0.15, 0.2) is 11.1 Å². The fraction of sp³-hybridized carbons (Fsp3) is 0.714. The molecule has 0 aliphatic heterocycles. The van der Waals surface area contributed by atoms with Crippen LogP contribution < -0.4 is 11.5 Å². The van der Waals surface area contributed by atoms with Gasteiger partial charge in [-0.3, -0.25) is 5.41 Å². The zero-order chi connectivity index (χ0) is 11.9. The maximum absolute atomic E-state index is 11.1. The Labute approximate surface area is 93.9 Å². The van der Waals surface area contributed by atoms with Gasteiger partial charge < -0.3 is 11.5 Å². The molecule has 0 aliphatic rings. The fourth-order valence-corrected chi connectivity index (χ4v) is 2.45. The number of guanidine groups is 1. The summed E-state index contributed by atoms with van der Waals surface area (Å²) < 4.78 is 22.2. The summed E-state index contributed by atoms with van der Waals surface area (Å²) in [6.07, 6.45) is 0.503. The zero-order valence-electron chi connectivity index (χ0n) is 8.56. The Balaban J connectivity index is 3.74. The van der Waals surface area contributed by atoms with E-state index in [2.05, 4.69) is 4.99 Å². The normalized spacial score (nSPS) is 11.0. The van der Waals surface area contributed by atoms with Crippen molar-refractivity contribution in [1.82, 2.24) is 0 Å². The topological polar surface area (TPSA) is 122 Å². The second-order valence-electron chi connectivity index (χ2n) is 2.78. The lowest BCUT2D eigenvalue weighted by Crippen LogP contribution is -2.23. The molecule has 6 nitrogen and oxygen atoms in total. The van der Waals surface area contributed by atoms with Gasteiger partial charge in [-0.2, -0.15) is 4.99 Å². The van der Waals surface area contributed by atoms with Gasteiger partial charge in [0.05, 0.1) is 5.75 Å². The van der Waals surface area contributed by atoms with Gasteiger partial charge in [-0.15, -0.1) is 0 Å². The number of aliphatic imine (C=N–C) groups is 1. The van der Waals surface area contributed by atoms with Crippen molar-refractivity contribution in [3.63, 3.8) is 0 Å². The first-order chi connectivity index (χ1) is 6.87. The van der Waals surface area contributed by atoms with Gasteiger partial charge in [-0.05, 0) is 6.42 Å². The van der Waals surface area contributed by atoms with Gasteiger partial charge in [0.25, 0.3) is 0 Å². The minimum absolute atomic E-state index is 0.00361. The standard InChI is InChI=1S/C7H16N4O2S2/c1-2-15(12,13)5-3-4-14-7(10)11-6(8)9/h2-5H2,1H3,(H5,8,9,10,11). The predicted octanol–water partition coefficient (Wildman–Crippen LogP) is -0.247. The van der Waals surface area contributed by atoms with E-state index in [0.29, 0.717) is 12.2 Å². The minimum atomic E-state index is -2.91. The number of amidine groups is 1. The molecule has 0 aliphatic carbocycles. The van der Waals surface area contributed by atoms with Crippen LogP contribution in [0.15, 0.2) is 4.99 Å². The summed E-state index contributed by atoms with van der Waals surface area (Å²) in [5.74, 6) is 0.664. The first kappa shape index (κ1) is 14.2. The van der Waals surface area contributed by atoms with Crippen LogP contribution in [-0.4, -0.2) is 36.8 Å². The van der Waals surface area contributed by atoms with Gasteiger partial charge in [-0.1, -0.05) is 18.7 Å². The van der Waals surface area contributed by atoms with E-state index >= 15 is 0 Å². The second-order valence-corrected chi connectivity index (χ2v) is 6.34. The SMILES string of the molecule is CCS(=O)(=O)CCCSC(=N)N=C(N)N. The summed E-state index contributed by atoms with van der Waals surface area (Å²) in [6.45, 7) is 1.62. The molecule has 0 fully saturated rings. The van der Waals surface area contributed by atoms with Crippen molar-refractivity contribution in [3.05, 3.63) is 0 Å². The predicted molar refractivity (Wildman–Crippen MR) is 64.9 cm³/mol. The van der Waals surface area contributed by atoms with Gasteiger partial charge in [-0.25, -0.2) is 8.42 Å². The van der Waals surface area contributed by atoms with Crippen molar-refractivity contribution >= 4 is 32.7 Å². The minimum Gasteiger partial charge on any atom is -0.370 e. The van der Waals surface area contributed by atoms with Crippen molar-refractivity contribution in [3.8, 4) is 0 Å². The Bertz CT molecular complexity index is 333. The molecule has 0 saturated carbocycles. The van der Waals surface area contributed by atoms with Crippen LogP contribution in [0.5, 0.6) is 0 Å². The highest BCUT2D eigenvalue weighted by Crippen LogP contribution is 2.06. The third-order valence-electron chi connectivity index (χ3n) is 1.51. The van der Waals surface area contributed by atoms with Crippen molar-refractivity contribution in [2.24, 2.45) is 16.5 Å². The number of nitrogens with one attached hydrogen (secondary N) is 1. The monoisotopic (exact) mass is 252 g/mol. The molecule has 0 bridgehead atoms. The zero-order valence-corrected chi connectivity index (χ0v) is 10.2. The molecule has 88 valence electrons. The highest BCUT2D eigenvalue weighted by Gasteiger charge is 2.06. The molecule has 0 aromatic heterocycles. The van der Waals surface area contributed by atoms with Crippen LogP contribution in [0, 0.1) is 5.41 Å².